The minimum atomic E-state index is -3.94. The van der Waals surface area contributed by atoms with Crippen molar-refractivity contribution in [1.82, 2.24) is 0 Å². The number of ether oxygens (including phenoxy) is 1. The lowest BCUT2D eigenvalue weighted by atomic mass is 10.0. The zero-order chi connectivity index (χ0) is 20.5. The van der Waals surface area contributed by atoms with Crippen LogP contribution in [0.4, 0.5) is 14.9 Å². The van der Waals surface area contributed by atoms with Gasteiger partial charge in [-0.15, -0.1) is 0 Å². The normalized spacial score (nSPS) is 17.4. The van der Waals surface area contributed by atoms with Crippen LogP contribution in [0.1, 0.15) is 12.8 Å². The van der Waals surface area contributed by atoms with Gasteiger partial charge in [0.1, 0.15) is 4.90 Å². The van der Waals surface area contributed by atoms with E-state index in [1.807, 2.05) is 0 Å². The lowest BCUT2D eigenvalue weighted by molar-refractivity contribution is -0.128. The number of hydrogen-bond acceptors (Lipinski definition) is 5. The number of sulfone groups is 1. The lowest BCUT2D eigenvalue weighted by Gasteiger charge is -2.32. The number of anilines is 1. The molecule has 2 amide bonds. The number of piperidine rings is 1. The molecule has 1 saturated heterocycles. The van der Waals surface area contributed by atoms with Crippen LogP contribution in [-0.4, -0.2) is 39.3 Å². The first-order valence-electron chi connectivity index (χ1n) is 8.55. The van der Waals surface area contributed by atoms with Gasteiger partial charge >= 0.3 is 6.09 Å². The quantitative estimate of drug-likeness (QED) is 0.840. The minimum absolute atomic E-state index is 0.169. The van der Waals surface area contributed by atoms with E-state index in [2.05, 4.69) is 0 Å². The molecule has 1 fully saturated rings. The Labute approximate surface area is 161 Å². The summed E-state index contributed by atoms with van der Waals surface area (Å²) >= 11 is 0. The molecule has 148 valence electrons. The molecule has 2 aromatic rings. The molecule has 28 heavy (non-hydrogen) atoms. The molecular weight excluding hydrogens is 387 g/mol. The van der Waals surface area contributed by atoms with Crippen LogP contribution in [0.25, 0.3) is 11.1 Å². The molecule has 1 unspecified atom stereocenters. The molecule has 0 aliphatic carbocycles. The van der Waals surface area contributed by atoms with Crippen LogP contribution in [0.3, 0.4) is 0 Å². The fourth-order valence-electron chi connectivity index (χ4n) is 3.29. The summed E-state index contributed by atoms with van der Waals surface area (Å²) in [4.78, 5) is 24.2. The number of carbonyl (C=O) groups excluding carboxylic acids is 2. The summed E-state index contributed by atoms with van der Waals surface area (Å²) in [5.74, 6) is -1.66. The Morgan fingerprint density at radius 2 is 1.89 bits per heavy atom. The van der Waals surface area contributed by atoms with Gasteiger partial charge in [-0.2, -0.15) is 0 Å². The van der Waals surface area contributed by atoms with Crippen molar-refractivity contribution in [3.63, 3.8) is 0 Å². The third-order valence-electron chi connectivity index (χ3n) is 4.47. The van der Waals surface area contributed by atoms with E-state index >= 15 is 4.39 Å². The predicted molar refractivity (Wildman–Crippen MR) is 101 cm³/mol. The summed E-state index contributed by atoms with van der Waals surface area (Å²) < 4.78 is 44.8. The van der Waals surface area contributed by atoms with Crippen LogP contribution in [0.2, 0.25) is 0 Å². The number of rotatable bonds is 4. The van der Waals surface area contributed by atoms with Crippen LogP contribution in [0.5, 0.6) is 0 Å². The molecule has 0 bridgehead atoms. The van der Waals surface area contributed by atoms with Gasteiger partial charge in [0.2, 0.25) is 0 Å². The molecule has 0 spiro atoms. The zero-order valence-corrected chi connectivity index (χ0v) is 15.9. The molecule has 9 heteroatoms. The summed E-state index contributed by atoms with van der Waals surface area (Å²) in [7, 11) is -3.94. The summed E-state index contributed by atoms with van der Waals surface area (Å²) in [6, 6.07) is 11.4. The molecule has 0 saturated carbocycles. The lowest BCUT2D eigenvalue weighted by Crippen LogP contribution is -2.47. The first-order valence-corrected chi connectivity index (χ1v) is 10.4. The van der Waals surface area contributed by atoms with Crippen molar-refractivity contribution in [2.45, 2.75) is 23.8 Å². The Hall–Kier alpha value is -2.94. The predicted octanol–water partition coefficient (Wildman–Crippen LogP) is 2.49. The number of nitrogens with zero attached hydrogens (tertiary/aromatic N) is 1. The zero-order valence-electron chi connectivity index (χ0n) is 15.1. The van der Waals surface area contributed by atoms with E-state index in [0.717, 1.165) is 11.2 Å². The summed E-state index contributed by atoms with van der Waals surface area (Å²) in [5.41, 5.74) is 5.54. The maximum absolute atomic E-state index is 15.4. The third-order valence-corrected chi connectivity index (χ3v) is 5.61. The van der Waals surface area contributed by atoms with Gasteiger partial charge in [0.05, 0.1) is 5.69 Å². The molecule has 2 aromatic carbocycles. The standard InChI is InChI=1S/C19H19FN2O5S/c1-28(25,26)17-13(12-6-3-2-4-7-12)9-10-14(16(17)20)22-11-5-8-15(18(22)23)27-19(21)24/h2-4,6-7,9-10,15H,5,8,11H2,1H3,(H2,21,24). The van der Waals surface area contributed by atoms with Crippen molar-refractivity contribution in [2.75, 3.05) is 17.7 Å². The van der Waals surface area contributed by atoms with Gasteiger partial charge in [0, 0.05) is 18.4 Å². The first-order chi connectivity index (χ1) is 13.2. The highest BCUT2D eigenvalue weighted by molar-refractivity contribution is 7.90. The van der Waals surface area contributed by atoms with Gasteiger partial charge in [-0.25, -0.2) is 17.6 Å². The van der Waals surface area contributed by atoms with E-state index in [-0.39, 0.29) is 24.2 Å². The van der Waals surface area contributed by atoms with Gasteiger partial charge < -0.3 is 15.4 Å². The van der Waals surface area contributed by atoms with E-state index in [1.54, 1.807) is 30.3 Å². The van der Waals surface area contributed by atoms with Crippen molar-refractivity contribution in [3.05, 3.63) is 48.3 Å². The largest absolute Gasteiger partial charge is 0.436 e. The van der Waals surface area contributed by atoms with Crippen LogP contribution >= 0.6 is 0 Å². The Kier molecular flexibility index (Phi) is 5.37. The molecule has 2 N–H and O–H groups in total. The SMILES string of the molecule is CS(=O)(=O)c1c(-c2ccccc2)ccc(N2CCCC(OC(N)=O)C2=O)c1F. The van der Waals surface area contributed by atoms with Gasteiger partial charge in [0.25, 0.3) is 5.91 Å². The molecule has 0 radical (unpaired) electrons. The van der Waals surface area contributed by atoms with Crippen molar-refractivity contribution < 1.29 is 27.1 Å². The Morgan fingerprint density at radius 1 is 1.21 bits per heavy atom. The van der Waals surface area contributed by atoms with Gasteiger partial charge in [-0.05, 0) is 24.5 Å². The number of carbonyl (C=O) groups is 2. The second-order valence-electron chi connectivity index (χ2n) is 6.47. The highest BCUT2D eigenvalue weighted by Crippen LogP contribution is 2.36. The average Bonchev–Trinajstić information content (AvgIpc) is 2.63. The van der Waals surface area contributed by atoms with Crippen LogP contribution in [-0.2, 0) is 19.4 Å². The highest BCUT2D eigenvalue weighted by atomic mass is 32.2. The number of nitrogens with two attached hydrogens (primary N) is 1. The average molecular weight is 406 g/mol. The van der Waals surface area contributed by atoms with Crippen molar-refractivity contribution in [2.24, 2.45) is 5.73 Å². The van der Waals surface area contributed by atoms with Gasteiger partial charge in [0.15, 0.2) is 21.8 Å². The third kappa shape index (κ3) is 3.84. The fraction of sp³-hybridized carbons (Fsp3) is 0.263. The van der Waals surface area contributed by atoms with Crippen LogP contribution in [0, 0.1) is 5.82 Å². The van der Waals surface area contributed by atoms with E-state index in [1.165, 1.54) is 12.1 Å². The molecule has 1 heterocycles. The van der Waals surface area contributed by atoms with E-state index in [4.69, 9.17) is 10.5 Å². The van der Waals surface area contributed by atoms with E-state index in [0.29, 0.717) is 12.0 Å². The maximum atomic E-state index is 15.4. The molecule has 1 aliphatic rings. The molecule has 0 aromatic heterocycles. The maximum Gasteiger partial charge on any atom is 0.405 e. The number of halogens is 1. The topological polar surface area (TPSA) is 107 Å². The number of benzene rings is 2. The fourth-order valence-corrected chi connectivity index (χ4v) is 4.31. The molecular formula is C19H19FN2O5S. The Balaban J connectivity index is 2.11. The van der Waals surface area contributed by atoms with E-state index < -0.39 is 38.7 Å². The number of hydrogen-bond donors (Lipinski definition) is 1. The summed E-state index contributed by atoms with van der Waals surface area (Å²) in [6.07, 6.45) is -0.602. The Bertz CT molecular complexity index is 1020. The number of amides is 2. The number of primary amides is 1. The smallest absolute Gasteiger partial charge is 0.405 e. The van der Waals surface area contributed by atoms with E-state index in [9.17, 15) is 18.0 Å². The summed E-state index contributed by atoms with van der Waals surface area (Å²) in [5, 5.41) is 0. The molecule has 1 aliphatic heterocycles. The van der Waals surface area contributed by atoms with Crippen molar-refractivity contribution in [3.8, 4) is 11.1 Å². The van der Waals surface area contributed by atoms with Crippen molar-refractivity contribution in [1.29, 1.82) is 0 Å². The second-order valence-corrected chi connectivity index (χ2v) is 8.42. The van der Waals surface area contributed by atoms with Crippen molar-refractivity contribution >= 4 is 27.5 Å². The Morgan fingerprint density at radius 3 is 2.50 bits per heavy atom. The van der Waals surface area contributed by atoms with Crippen LogP contribution < -0.4 is 10.6 Å². The monoisotopic (exact) mass is 406 g/mol. The highest BCUT2D eigenvalue weighted by Gasteiger charge is 2.35. The molecule has 7 nitrogen and oxygen atoms in total. The first kappa shape index (κ1) is 19.8. The molecule has 1 atom stereocenters. The van der Waals surface area contributed by atoms with Gasteiger partial charge in [-0.1, -0.05) is 36.4 Å². The second kappa shape index (κ2) is 7.59. The van der Waals surface area contributed by atoms with Gasteiger partial charge in [-0.3, -0.25) is 4.79 Å². The van der Waals surface area contributed by atoms with Crippen LogP contribution in [0.15, 0.2) is 47.4 Å². The summed E-state index contributed by atoms with van der Waals surface area (Å²) in [6.45, 7) is 0.169. The molecule has 3 rings (SSSR count). The minimum Gasteiger partial charge on any atom is -0.436 e.